The van der Waals surface area contributed by atoms with Crippen LogP contribution in [0, 0.1) is 0 Å². The van der Waals surface area contributed by atoms with Crippen LogP contribution in [-0.4, -0.2) is 51.7 Å². The Balaban J connectivity index is 2.92. The van der Waals surface area contributed by atoms with Gasteiger partial charge in [0.1, 0.15) is 5.60 Å². The molecule has 98 valence electrons. The summed E-state index contributed by atoms with van der Waals surface area (Å²) in [5.41, 5.74) is -0.691. The van der Waals surface area contributed by atoms with Crippen LogP contribution in [0.4, 0.5) is 4.79 Å². The van der Waals surface area contributed by atoms with E-state index in [4.69, 9.17) is 9.84 Å². The second-order valence-electron chi connectivity index (χ2n) is 5.38. The van der Waals surface area contributed by atoms with Gasteiger partial charge in [0.2, 0.25) is 0 Å². The van der Waals surface area contributed by atoms with E-state index in [1.807, 2.05) is 0 Å². The molecule has 0 radical (unpaired) electrons. The maximum absolute atomic E-state index is 12.1. The van der Waals surface area contributed by atoms with Crippen LogP contribution in [0.5, 0.6) is 0 Å². The average Bonchev–Trinajstić information content (AvgIpc) is 2.63. The third-order valence-electron chi connectivity index (χ3n) is 2.81. The molecule has 0 bridgehead atoms. The predicted molar refractivity (Wildman–Crippen MR) is 59.1 cm³/mol. The van der Waals surface area contributed by atoms with Crippen LogP contribution in [0.25, 0.3) is 0 Å². The first-order chi connectivity index (χ1) is 7.69. The number of likely N-dealkylation sites (tertiary alicyclic amines) is 1. The molecule has 1 heterocycles. The van der Waals surface area contributed by atoms with E-state index in [1.165, 1.54) is 0 Å². The Bertz CT molecular complexity index is 314. The van der Waals surface area contributed by atoms with Gasteiger partial charge in [-0.15, -0.1) is 0 Å². The quantitative estimate of drug-likeness (QED) is 0.708. The molecular weight excluding hydrogens is 226 g/mol. The van der Waals surface area contributed by atoms with E-state index in [9.17, 15) is 14.7 Å². The minimum Gasteiger partial charge on any atom is -0.475 e. The number of amides is 1. The van der Waals surface area contributed by atoms with E-state index < -0.39 is 28.4 Å². The summed E-state index contributed by atoms with van der Waals surface area (Å²) in [5.74, 6) is -1.39. The number of nitrogens with zero attached hydrogens (tertiary/aromatic N) is 1. The van der Waals surface area contributed by atoms with Gasteiger partial charge in [-0.3, -0.25) is 0 Å². The fraction of sp³-hybridized carbons (Fsp3) is 0.818. The summed E-state index contributed by atoms with van der Waals surface area (Å²) in [6, 6.07) is 0. The highest BCUT2D eigenvalue weighted by Crippen LogP contribution is 2.26. The lowest BCUT2D eigenvalue weighted by atomic mass is 10.2. The van der Waals surface area contributed by atoms with Crippen LogP contribution in [0.1, 0.15) is 33.6 Å². The second-order valence-corrected chi connectivity index (χ2v) is 5.38. The molecule has 17 heavy (non-hydrogen) atoms. The molecule has 1 saturated heterocycles. The van der Waals surface area contributed by atoms with E-state index in [1.54, 1.807) is 20.8 Å². The van der Waals surface area contributed by atoms with E-state index in [0.717, 1.165) is 0 Å². The molecule has 1 aliphatic heterocycles. The minimum absolute atomic E-state index is 0.308. The SMILES string of the molecule is CC(C)(C)OC(=O)[N+]1(C(O)C(=O)O)CCCC1. The number of aliphatic hydroxyl groups is 1. The maximum atomic E-state index is 12.1. The van der Waals surface area contributed by atoms with Crippen molar-refractivity contribution in [1.82, 2.24) is 0 Å². The number of ether oxygens (including phenoxy) is 1. The largest absolute Gasteiger partial charge is 0.519 e. The molecule has 0 aromatic rings. The van der Waals surface area contributed by atoms with Gasteiger partial charge in [0.25, 0.3) is 0 Å². The molecule has 1 rings (SSSR count). The van der Waals surface area contributed by atoms with E-state index in [2.05, 4.69) is 0 Å². The van der Waals surface area contributed by atoms with E-state index >= 15 is 0 Å². The summed E-state index contributed by atoms with van der Waals surface area (Å²) in [6.07, 6.45) is -0.982. The number of hydrogen-bond acceptors (Lipinski definition) is 4. The smallest absolute Gasteiger partial charge is 0.475 e. The molecule has 6 nitrogen and oxygen atoms in total. The third kappa shape index (κ3) is 2.95. The van der Waals surface area contributed by atoms with Gasteiger partial charge in [0.05, 0.1) is 13.1 Å². The Kier molecular flexibility index (Phi) is 3.78. The molecule has 1 atom stereocenters. The molecule has 0 saturated carbocycles. The van der Waals surface area contributed by atoms with Crippen LogP contribution < -0.4 is 0 Å². The number of carboxylic acids is 1. The summed E-state index contributed by atoms with van der Waals surface area (Å²) in [5, 5.41) is 18.6. The fourth-order valence-corrected chi connectivity index (χ4v) is 1.99. The standard InChI is InChI=1S/C11H19NO5/c1-11(2,3)17-10(16)12(6-4-5-7-12)8(13)9(14)15/h8,13H,4-7H2,1-3H3/p+1. The number of carboxylic acid groups (broad SMARTS) is 1. The highest BCUT2D eigenvalue weighted by atomic mass is 16.6. The minimum atomic E-state index is -1.74. The fourth-order valence-electron chi connectivity index (χ4n) is 1.99. The topological polar surface area (TPSA) is 83.8 Å². The van der Waals surface area contributed by atoms with Crippen LogP contribution in [0.2, 0.25) is 0 Å². The molecule has 2 N–H and O–H groups in total. The van der Waals surface area contributed by atoms with Gasteiger partial charge in [-0.05, 0) is 20.8 Å². The van der Waals surface area contributed by atoms with Gasteiger partial charge in [-0.1, -0.05) is 0 Å². The van der Waals surface area contributed by atoms with Crippen molar-refractivity contribution in [2.45, 2.75) is 45.4 Å². The monoisotopic (exact) mass is 246 g/mol. The van der Waals surface area contributed by atoms with Crippen LogP contribution in [0.15, 0.2) is 0 Å². The van der Waals surface area contributed by atoms with Crippen molar-refractivity contribution in [3.63, 3.8) is 0 Å². The van der Waals surface area contributed by atoms with Gasteiger partial charge in [-0.2, -0.15) is 9.28 Å². The van der Waals surface area contributed by atoms with Crippen LogP contribution in [0.3, 0.4) is 0 Å². The lowest BCUT2D eigenvalue weighted by Gasteiger charge is -2.34. The molecule has 1 unspecified atom stereocenters. The Hall–Kier alpha value is -1.14. The first-order valence-electron chi connectivity index (χ1n) is 5.70. The van der Waals surface area contributed by atoms with Crippen molar-refractivity contribution in [3.8, 4) is 0 Å². The Morgan fingerprint density at radius 2 is 1.71 bits per heavy atom. The zero-order valence-corrected chi connectivity index (χ0v) is 10.5. The maximum Gasteiger partial charge on any atom is 0.519 e. The van der Waals surface area contributed by atoms with Gasteiger partial charge >= 0.3 is 18.3 Å². The molecule has 1 fully saturated rings. The molecule has 0 aliphatic carbocycles. The zero-order chi connectivity index (χ0) is 13.3. The second kappa shape index (κ2) is 4.62. The number of aliphatic carboxylic acids is 1. The molecule has 1 aliphatic rings. The summed E-state index contributed by atoms with van der Waals surface area (Å²) >= 11 is 0. The molecular formula is C11H20NO5+. The third-order valence-corrected chi connectivity index (χ3v) is 2.81. The predicted octanol–water partition coefficient (Wildman–Crippen LogP) is 0.935. The molecule has 0 aromatic heterocycles. The average molecular weight is 246 g/mol. The number of aliphatic hydroxyl groups excluding tert-OH is 1. The highest BCUT2D eigenvalue weighted by Gasteiger charge is 2.52. The van der Waals surface area contributed by atoms with Crippen molar-refractivity contribution in [1.29, 1.82) is 0 Å². The van der Waals surface area contributed by atoms with E-state index in [0.29, 0.717) is 25.9 Å². The van der Waals surface area contributed by atoms with Crippen molar-refractivity contribution in [2.24, 2.45) is 0 Å². The summed E-state index contributed by atoms with van der Waals surface area (Å²) in [6.45, 7) is 5.75. The molecule has 1 amide bonds. The summed E-state index contributed by atoms with van der Waals surface area (Å²) < 4.78 is 4.69. The number of quaternary nitrogens is 1. The van der Waals surface area contributed by atoms with Gasteiger partial charge in [0, 0.05) is 12.8 Å². The highest BCUT2D eigenvalue weighted by molar-refractivity contribution is 5.73. The van der Waals surface area contributed by atoms with Crippen LogP contribution in [-0.2, 0) is 9.53 Å². The number of hydrogen-bond donors (Lipinski definition) is 2. The Labute approximate surface area is 100 Å². The number of carbonyl (C=O) groups is 2. The van der Waals surface area contributed by atoms with E-state index in [-0.39, 0.29) is 0 Å². The Morgan fingerprint density at radius 1 is 1.24 bits per heavy atom. The van der Waals surface area contributed by atoms with Crippen molar-refractivity contribution in [2.75, 3.05) is 13.1 Å². The van der Waals surface area contributed by atoms with Crippen molar-refractivity contribution in [3.05, 3.63) is 0 Å². The van der Waals surface area contributed by atoms with Gasteiger partial charge in [0.15, 0.2) is 0 Å². The first kappa shape index (κ1) is 13.9. The first-order valence-corrected chi connectivity index (χ1v) is 5.70. The van der Waals surface area contributed by atoms with Crippen molar-refractivity contribution < 1.29 is 29.0 Å². The number of rotatable bonds is 2. The molecule has 0 aromatic carbocycles. The lowest BCUT2D eigenvalue weighted by Crippen LogP contribution is -2.61. The van der Waals surface area contributed by atoms with Gasteiger partial charge < -0.3 is 14.9 Å². The Morgan fingerprint density at radius 3 is 2.06 bits per heavy atom. The molecule has 6 heteroatoms. The number of carbonyl (C=O) groups excluding carboxylic acids is 1. The summed E-state index contributed by atoms with van der Waals surface area (Å²) in [4.78, 5) is 22.9. The van der Waals surface area contributed by atoms with Crippen LogP contribution >= 0.6 is 0 Å². The van der Waals surface area contributed by atoms with Gasteiger partial charge in [-0.25, -0.2) is 4.79 Å². The molecule has 0 spiro atoms. The van der Waals surface area contributed by atoms with Crippen molar-refractivity contribution >= 4 is 12.1 Å². The zero-order valence-electron chi connectivity index (χ0n) is 10.5. The normalized spacial score (nSPS) is 20.9. The summed E-state index contributed by atoms with van der Waals surface area (Å²) in [7, 11) is 0. The lowest BCUT2D eigenvalue weighted by molar-refractivity contribution is -0.885.